The van der Waals surface area contributed by atoms with E-state index in [9.17, 15) is 0 Å². The Morgan fingerprint density at radius 3 is 1.04 bits per heavy atom. The number of ether oxygens (including phenoxy) is 2. The Bertz CT molecular complexity index is 1610. The minimum Gasteiger partial charge on any atom is -0.361 e. The van der Waals surface area contributed by atoms with Crippen LogP contribution in [0.2, 0.25) is 0 Å². The minimum atomic E-state index is -0.786. The second-order valence-electron chi connectivity index (χ2n) is 13.5. The molecule has 0 fully saturated rings. The average Bonchev–Trinajstić information content (AvgIpc) is 3.21. The molecule has 0 saturated carbocycles. The molecule has 0 aliphatic carbocycles. The van der Waals surface area contributed by atoms with E-state index in [1.54, 1.807) is 0 Å². The molecule has 2 heteroatoms. The Labute approximate surface area is 306 Å². The molecule has 2 nitrogen and oxygen atoms in total. The van der Waals surface area contributed by atoms with Gasteiger partial charge in [-0.1, -0.05) is 227 Å². The Kier molecular flexibility index (Phi) is 13.1. The Balaban J connectivity index is 1.39. The molecule has 0 N–H and O–H groups in total. The maximum absolute atomic E-state index is 7.68. The van der Waals surface area contributed by atoms with Crippen LogP contribution in [0.4, 0.5) is 0 Å². The fraction of sp³-hybridized carbons (Fsp3) is 0.265. The first-order valence-corrected chi connectivity index (χ1v) is 18.9. The largest absolute Gasteiger partial charge is 0.361 e. The van der Waals surface area contributed by atoms with E-state index in [0.717, 1.165) is 52.6 Å². The monoisotopic (exact) mass is 672 g/mol. The highest BCUT2D eigenvalue weighted by Gasteiger charge is 2.41. The predicted molar refractivity (Wildman–Crippen MR) is 212 cm³/mol. The van der Waals surface area contributed by atoms with Crippen LogP contribution in [0, 0.1) is 0 Å². The lowest BCUT2D eigenvalue weighted by atomic mass is 9.79. The summed E-state index contributed by atoms with van der Waals surface area (Å²) in [5, 5.41) is 0. The summed E-state index contributed by atoms with van der Waals surface area (Å²) in [6.45, 7) is 2.80. The summed E-state index contributed by atoms with van der Waals surface area (Å²) < 4.78 is 15.0. The lowest BCUT2D eigenvalue weighted by Crippen LogP contribution is -2.38. The van der Waals surface area contributed by atoms with Gasteiger partial charge in [0.1, 0.15) is 11.2 Å². The van der Waals surface area contributed by atoms with E-state index in [2.05, 4.69) is 189 Å². The van der Waals surface area contributed by atoms with Crippen molar-refractivity contribution in [3.8, 4) is 0 Å². The predicted octanol–water partition coefficient (Wildman–Crippen LogP) is 12.5. The number of rotatable bonds is 19. The Morgan fingerprint density at radius 1 is 0.373 bits per heavy atom. The third-order valence-electron chi connectivity index (χ3n) is 10.1. The average molecular weight is 673 g/mol. The first-order chi connectivity index (χ1) is 25.3. The van der Waals surface area contributed by atoms with E-state index in [1.165, 1.54) is 32.1 Å². The smallest absolute Gasteiger partial charge is 0.144 e. The van der Waals surface area contributed by atoms with E-state index in [4.69, 9.17) is 9.47 Å². The highest BCUT2D eigenvalue weighted by atomic mass is 16.5. The number of benzene rings is 6. The van der Waals surface area contributed by atoms with Crippen LogP contribution in [-0.2, 0) is 20.7 Å². The molecule has 6 aromatic rings. The molecule has 0 heterocycles. The summed E-state index contributed by atoms with van der Waals surface area (Å²) in [7, 11) is 0. The minimum absolute atomic E-state index is 0.0585. The summed E-state index contributed by atoms with van der Waals surface area (Å²) >= 11 is 0. The fourth-order valence-corrected chi connectivity index (χ4v) is 7.50. The molecule has 0 spiro atoms. The molecule has 0 saturated heterocycles. The molecule has 6 rings (SSSR count). The van der Waals surface area contributed by atoms with Gasteiger partial charge in [0.05, 0.1) is 12.7 Å². The van der Waals surface area contributed by atoms with Gasteiger partial charge in [-0.2, -0.15) is 0 Å². The highest BCUT2D eigenvalue weighted by molar-refractivity contribution is 5.49. The van der Waals surface area contributed by atoms with E-state index in [0.29, 0.717) is 6.61 Å². The number of hydrogen-bond acceptors (Lipinski definition) is 2. The molecular weight excluding hydrogens is 621 g/mol. The summed E-state index contributed by atoms with van der Waals surface area (Å²) in [4.78, 5) is 0. The van der Waals surface area contributed by atoms with Gasteiger partial charge in [0, 0.05) is 0 Å². The van der Waals surface area contributed by atoms with Gasteiger partial charge < -0.3 is 9.47 Å². The quantitative estimate of drug-likeness (QED) is 0.0630. The van der Waals surface area contributed by atoms with Crippen LogP contribution < -0.4 is 0 Å². The van der Waals surface area contributed by atoms with Crippen molar-refractivity contribution >= 4 is 0 Å². The van der Waals surface area contributed by atoms with E-state index < -0.39 is 11.2 Å². The van der Waals surface area contributed by atoms with Gasteiger partial charge in [-0.15, -0.1) is 0 Å². The maximum atomic E-state index is 7.68. The molecule has 0 bridgehead atoms. The Hall–Kier alpha value is -4.76. The van der Waals surface area contributed by atoms with Crippen LogP contribution in [0.3, 0.4) is 0 Å². The van der Waals surface area contributed by atoms with E-state index in [1.807, 2.05) is 0 Å². The molecule has 1 unspecified atom stereocenters. The van der Waals surface area contributed by atoms with Gasteiger partial charge in [0.15, 0.2) is 0 Å². The third kappa shape index (κ3) is 8.59. The lowest BCUT2D eigenvalue weighted by molar-refractivity contribution is -0.0762. The normalized spacial score (nSPS) is 12.4. The summed E-state index contributed by atoms with van der Waals surface area (Å²) in [6.07, 6.45) is 9.07. The molecule has 1 atom stereocenters. The second kappa shape index (κ2) is 18.5. The maximum Gasteiger partial charge on any atom is 0.144 e. The van der Waals surface area contributed by atoms with Gasteiger partial charge in [0.25, 0.3) is 0 Å². The first kappa shape index (κ1) is 36.0. The van der Waals surface area contributed by atoms with E-state index >= 15 is 0 Å². The second-order valence-corrected chi connectivity index (χ2v) is 13.5. The van der Waals surface area contributed by atoms with Gasteiger partial charge in [-0.25, -0.2) is 0 Å². The fourth-order valence-electron chi connectivity index (χ4n) is 7.50. The van der Waals surface area contributed by atoms with E-state index in [-0.39, 0.29) is 6.10 Å². The van der Waals surface area contributed by atoms with Crippen molar-refractivity contribution < 1.29 is 9.47 Å². The Morgan fingerprint density at radius 2 is 0.686 bits per heavy atom. The summed E-state index contributed by atoms with van der Waals surface area (Å²) in [5.74, 6) is 0. The number of hydrogen-bond donors (Lipinski definition) is 0. The van der Waals surface area contributed by atoms with Crippen LogP contribution in [0.1, 0.15) is 91.7 Å². The van der Waals surface area contributed by atoms with Crippen LogP contribution in [0.25, 0.3) is 0 Å². The highest BCUT2D eigenvalue weighted by Crippen LogP contribution is 2.44. The topological polar surface area (TPSA) is 18.5 Å². The third-order valence-corrected chi connectivity index (χ3v) is 10.1. The molecule has 260 valence electrons. The SMILES string of the molecule is CCCCCCCCC(CCOC(c1ccccc1)(c1ccccc1)c1ccccc1)OC(c1ccccc1)(c1ccccc1)c1ccccc1. The molecule has 6 aromatic carbocycles. The van der Waals surface area contributed by atoms with Crippen LogP contribution in [-0.4, -0.2) is 12.7 Å². The van der Waals surface area contributed by atoms with Crippen molar-refractivity contribution in [1.29, 1.82) is 0 Å². The molecule has 0 aliphatic rings. The van der Waals surface area contributed by atoms with Crippen LogP contribution in [0.15, 0.2) is 182 Å². The molecule has 0 radical (unpaired) electrons. The van der Waals surface area contributed by atoms with Gasteiger partial charge >= 0.3 is 0 Å². The van der Waals surface area contributed by atoms with Gasteiger partial charge in [0.2, 0.25) is 0 Å². The van der Waals surface area contributed by atoms with Crippen LogP contribution >= 0.6 is 0 Å². The van der Waals surface area contributed by atoms with Crippen molar-refractivity contribution in [1.82, 2.24) is 0 Å². The van der Waals surface area contributed by atoms with Crippen LogP contribution in [0.5, 0.6) is 0 Å². The first-order valence-electron chi connectivity index (χ1n) is 18.9. The lowest BCUT2D eigenvalue weighted by Gasteiger charge is -2.40. The van der Waals surface area contributed by atoms with Crippen molar-refractivity contribution in [2.75, 3.05) is 6.61 Å². The molecular formula is C49H52O2. The standard InChI is InChI=1S/C49H52O2/c1-2-3-4-5-6-25-38-47(51-49(44-32-19-10-20-33-44,45-34-21-11-22-35-45)46-36-23-12-24-37-46)39-40-50-48(41-26-13-7-14-27-41,42-28-15-8-16-29-42)43-30-17-9-18-31-43/h7-24,26-37,47H,2-6,25,38-40H2,1H3. The number of unbranched alkanes of at least 4 members (excludes halogenated alkanes) is 5. The zero-order valence-electron chi connectivity index (χ0n) is 30.1. The zero-order chi connectivity index (χ0) is 35.0. The van der Waals surface area contributed by atoms with Gasteiger partial charge in [-0.05, 0) is 46.2 Å². The van der Waals surface area contributed by atoms with Gasteiger partial charge in [-0.3, -0.25) is 0 Å². The summed E-state index contributed by atoms with van der Waals surface area (Å²) in [6, 6.07) is 64.3. The van der Waals surface area contributed by atoms with Crippen molar-refractivity contribution in [2.24, 2.45) is 0 Å². The van der Waals surface area contributed by atoms with Crippen molar-refractivity contribution in [2.45, 2.75) is 75.6 Å². The molecule has 0 aromatic heterocycles. The summed E-state index contributed by atoms with van der Waals surface area (Å²) in [5.41, 5.74) is 5.17. The molecule has 0 amide bonds. The molecule has 51 heavy (non-hydrogen) atoms. The molecule has 0 aliphatic heterocycles. The van der Waals surface area contributed by atoms with Crippen molar-refractivity contribution in [3.63, 3.8) is 0 Å². The zero-order valence-corrected chi connectivity index (χ0v) is 30.1. The van der Waals surface area contributed by atoms with Crippen molar-refractivity contribution in [3.05, 3.63) is 215 Å².